The second-order valence-corrected chi connectivity index (χ2v) is 6.51. The van der Waals surface area contributed by atoms with E-state index in [4.69, 9.17) is 9.47 Å². The minimum atomic E-state index is -0.252. The summed E-state index contributed by atoms with van der Waals surface area (Å²) in [4.78, 5) is 14.5. The molecule has 3 rings (SSSR count). The van der Waals surface area contributed by atoms with Crippen LogP contribution in [0.2, 0.25) is 0 Å². The first-order valence-corrected chi connectivity index (χ1v) is 8.36. The summed E-state index contributed by atoms with van der Waals surface area (Å²) in [6, 6.07) is 4.72. The SMILES string of the molecule is COC(=O)c1cc(C2CNC2)cc(N(C)C2CCOCC2)c1C. The number of esters is 1. The quantitative estimate of drug-likeness (QED) is 0.862. The fourth-order valence-electron chi connectivity index (χ4n) is 3.44. The van der Waals surface area contributed by atoms with Crippen molar-refractivity contribution in [1.29, 1.82) is 0 Å². The van der Waals surface area contributed by atoms with Crippen LogP contribution in [0.4, 0.5) is 5.69 Å². The third-order valence-electron chi connectivity index (χ3n) is 5.18. The average molecular weight is 318 g/mol. The van der Waals surface area contributed by atoms with Gasteiger partial charge in [-0.2, -0.15) is 0 Å². The molecule has 0 aromatic heterocycles. The van der Waals surface area contributed by atoms with E-state index in [1.807, 2.05) is 13.0 Å². The largest absolute Gasteiger partial charge is 0.465 e. The Kier molecular flexibility index (Phi) is 4.87. The third kappa shape index (κ3) is 3.21. The number of rotatable bonds is 4. The van der Waals surface area contributed by atoms with Crippen LogP contribution in [0, 0.1) is 6.92 Å². The number of hydrogen-bond donors (Lipinski definition) is 1. The number of nitrogens with zero attached hydrogens (tertiary/aromatic N) is 1. The van der Waals surface area contributed by atoms with E-state index in [9.17, 15) is 4.79 Å². The molecule has 0 atom stereocenters. The lowest BCUT2D eigenvalue weighted by Gasteiger charge is -2.35. The van der Waals surface area contributed by atoms with Crippen molar-refractivity contribution in [1.82, 2.24) is 5.32 Å². The Balaban J connectivity index is 1.97. The normalized spacial score (nSPS) is 19.3. The fourth-order valence-corrected chi connectivity index (χ4v) is 3.44. The zero-order chi connectivity index (χ0) is 16.4. The summed E-state index contributed by atoms with van der Waals surface area (Å²) in [5.41, 5.74) is 4.05. The molecule has 126 valence electrons. The highest BCUT2D eigenvalue weighted by Crippen LogP contribution is 2.32. The number of carbonyl (C=O) groups excluding carboxylic acids is 1. The molecule has 0 radical (unpaired) electrons. The molecule has 0 bridgehead atoms. The van der Waals surface area contributed by atoms with Crippen molar-refractivity contribution in [2.45, 2.75) is 31.7 Å². The summed E-state index contributed by atoms with van der Waals surface area (Å²) in [5.74, 6) is 0.235. The summed E-state index contributed by atoms with van der Waals surface area (Å²) in [7, 11) is 3.57. The van der Waals surface area contributed by atoms with Crippen LogP contribution in [-0.2, 0) is 9.47 Å². The first kappa shape index (κ1) is 16.3. The lowest BCUT2D eigenvalue weighted by atomic mass is 9.89. The maximum atomic E-state index is 12.2. The standard InChI is InChI=1S/C18H26N2O3/c1-12-16(18(21)22-3)8-13(14-10-19-11-14)9-17(12)20(2)15-4-6-23-7-5-15/h8-9,14-15,19H,4-7,10-11H2,1-3H3. The highest BCUT2D eigenvalue weighted by atomic mass is 16.5. The molecule has 1 aromatic rings. The molecule has 0 spiro atoms. The maximum absolute atomic E-state index is 12.2. The average Bonchev–Trinajstić information content (AvgIpc) is 2.54. The van der Waals surface area contributed by atoms with Gasteiger partial charge in [-0.3, -0.25) is 0 Å². The summed E-state index contributed by atoms with van der Waals surface area (Å²) in [5, 5.41) is 3.30. The van der Waals surface area contributed by atoms with Gasteiger partial charge in [0.1, 0.15) is 0 Å². The van der Waals surface area contributed by atoms with Crippen LogP contribution in [0.3, 0.4) is 0 Å². The molecule has 0 amide bonds. The molecule has 0 unspecified atom stereocenters. The van der Waals surface area contributed by atoms with Crippen molar-refractivity contribution in [2.24, 2.45) is 0 Å². The van der Waals surface area contributed by atoms with Crippen LogP contribution in [0.15, 0.2) is 12.1 Å². The van der Waals surface area contributed by atoms with Crippen LogP contribution in [0.25, 0.3) is 0 Å². The van der Waals surface area contributed by atoms with E-state index in [-0.39, 0.29) is 5.97 Å². The van der Waals surface area contributed by atoms with Crippen LogP contribution in [-0.4, -0.2) is 52.5 Å². The molecule has 1 aromatic carbocycles. The van der Waals surface area contributed by atoms with Gasteiger partial charge in [0, 0.05) is 51.0 Å². The molecule has 0 aliphatic carbocycles. The second kappa shape index (κ2) is 6.89. The van der Waals surface area contributed by atoms with E-state index in [2.05, 4.69) is 23.3 Å². The lowest BCUT2D eigenvalue weighted by molar-refractivity contribution is 0.0599. The Morgan fingerprint density at radius 1 is 1.30 bits per heavy atom. The van der Waals surface area contributed by atoms with Gasteiger partial charge in [0.05, 0.1) is 12.7 Å². The van der Waals surface area contributed by atoms with Gasteiger partial charge in [0.25, 0.3) is 0 Å². The van der Waals surface area contributed by atoms with Crippen molar-refractivity contribution in [3.63, 3.8) is 0 Å². The zero-order valence-corrected chi connectivity index (χ0v) is 14.2. The van der Waals surface area contributed by atoms with E-state index in [1.165, 1.54) is 12.7 Å². The highest BCUT2D eigenvalue weighted by Gasteiger charge is 2.26. The molecular weight excluding hydrogens is 292 g/mol. The predicted molar refractivity (Wildman–Crippen MR) is 90.4 cm³/mol. The summed E-state index contributed by atoms with van der Waals surface area (Å²) in [6.45, 7) is 5.59. The van der Waals surface area contributed by atoms with Gasteiger partial charge in [-0.05, 0) is 43.0 Å². The molecule has 5 heteroatoms. The Morgan fingerprint density at radius 3 is 2.57 bits per heavy atom. The zero-order valence-electron chi connectivity index (χ0n) is 14.2. The Hall–Kier alpha value is -1.59. The predicted octanol–water partition coefficient (Wildman–Crippen LogP) is 2.08. The third-order valence-corrected chi connectivity index (χ3v) is 5.18. The monoisotopic (exact) mass is 318 g/mol. The van der Waals surface area contributed by atoms with E-state index >= 15 is 0 Å². The van der Waals surface area contributed by atoms with Gasteiger partial charge in [-0.1, -0.05) is 0 Å². The highest BCUT2D eigenvalue weighted by molar-refractivity contribution is 5.93. The van der Waals surface area contributed by atoms with Crippen molar-refractivity contribution in [3.8, 4) is 0 Å². The van der Waals surface area contributed by atoms with Crippen molar-refractivity contribution < 1.29 is 14.3 Å². The van der Waals surface area contributed by atoms with Crippen molar-refractivity contribution >= 4 is 11.7 Å². The minimum absolute atomic E-state index is 0.252. The summed E-state index contributed by atoms with van der Waals surface area (Å²) in [6.07, 6.45) is 2.05. The molecule has 5 nitrogen and oxygen atoms in total. The molecule has 2 heterocycles. The molecule has 23 heavy (non-hydrogen) atoms. The summed E-state index contributed by atoms with van der Waals surface area (Å²) < 4.78 is 10.5. The number of nitrogens with one attached hydrogen (secondary N) is 1. The lowest BCUT2D eigenvalue weighted by Crippen LogP contribution is -2.40. The van der Waals surface area contributed by atoms with Gasteiger partial charge >= 0.3 is 5.97 Å². The fraction of sp³-hybridized carbons (Fsp3) is 0.611. The van der Waals surface area contributed by atoms with Gasteiger partial charge in [-0.25, -0.2) is 4.79 Å². The maximum Gasteiger partial charge on any atom is 0.338 e. The number of anilines is 1. The van der Waals surface area contributed by atoms with E-state index in [1.54, 1.807) is 0 Å². The minimum Gasteiger partial charge on any atom is -0.465 e. The molecule has 2 aliphatic heterocycles. The topological polar surface area (TPSA) is 50.8 Å². The van der Waals surface area contributed by atoms with Gasteiger partial charge in [-0.15, -0.1) is 0 Å². The van der Waals surface area contributed by atoms with Crippen LogP contribution >= 0.6 is 0 Å². The number of hydrogen-bond acceptors (Lipinski definition) is 5. The molecule has 2 saturated heterocycles. The Labute approximate surface area is 137 Å². The van der Waals surface area contributed by atoms with Gasteiger partial charge in [0.15, 0.2) is 0 Å². The van der Waals surface area contributed by atoms with E-state index in [0.29, 0.717) is 17.5 Å². The molecule has 0 saturated carbocycles. The molecule has 2 fully saturated rings. The van der Waals surface area contributed by atoms with E-state index in [0.717, 1.165) is 50.4 Å². The number of benzene rings is 1. The Bertz CT molecular complexity index is 578. The first-order chi connectivity index (χ1) is 11.1. The smallest absolute Gasteiger partial charge is 0.338 e. The summed E-state index contributed by atoms with van der Waals surface area (Å²) >= 11 is 0. The number of methoxy groups -OCH3 is 1. The van der Waals surface area contributed by atoms with Gasteiger partial charge < -0.3 is 19.7 Å². The molecule has 1 N–H and O–H groups in total. The number of carbonyl (C=O) groups is 1. The first-order valence-electron chi connectivity index (χ1n) is 8.36. The molecule has 2 aliphatic rings. The van der Waals surface area contributed by atoms with Crippen LogP contribution < -0.4 is 10.2 Å². The van der Waals surface area contributed by atoms with Crippen molar-refractivity contribution in [2.75, 3.05) is 45.4 Å². The van der Waals surface area contributed by atoms with Crippen molar-refractivity contribution in [3.05, 3.63) is 28.8 Å². The van der Waals surface area contributed by atoms with Gasteiger partial charge in [0.2, 0.25) is 0 Å². The van der Waals surface area contributed by atoms with Crippen LogP contribution in [0.1, 0.15) is 40.2 Å². The molecular formula is C18H26N2O3. The van der Waals surface area contributed by atoms with Crippen LogP contribution in [0.5, 0.6) is 0 Å². The second-order valence-electron chi connectivity index (χ2n) is 6.51. The Morgan fingerprint density at radius 2 is 2.00 bits per heavy atom. The van der Waals surface area contributed by atoms with E-state index < -0.39 is 0 Å². The number of ether oxygens (including phenoxy) is 2.